The number of nitrogens with one attached hydrogen (secondary N) is 2. The number of halogens is 3. The van der Waals surface area contributed by atoms with Crippen molar-refractivity contribution in [1.82, 2.24) is 10.6 Å². The Kier molecular flexibility index (Phi) is 10.8. The predicted octanol–water partition coefficient (Wildman–Crippen LogP) is 4.08. The number of rotatable bonds is 9. The highest BCUT2D eigenvalue weighted by atomic mass is 127. The Morgan fingerprint density at radius 3 is 2.53 bits per heavy atom. The number of ether oxygens (including phenoxy) is 2. The second kappa shape index (κ2) is 12.8. The van der Waals surface area contributed by atoms with Gasteiger partial charge in [-0.3, -0.25) is 15.1 Å². The zero-order chi connectivity index (χ0) is 21.2. The Balaban J connectivity index is 0.00000450. The number of aliphatic imine (C=N–C) groups is 1. The molecule has 0 fully saturated rings. The van der Waals surface area contributed by atoms with E-state index in [4.69, 9.17) is 4.74 Å². The summed E-state index contributed by atoms with van der Waals surface area (Å²) in [7, 11) is 1.55. The quantitative estimate of drug-likeness (QED) is 0.165. The van der Waals surface area contributed by atoms with Crippen LogP contribution in [0.4, 0.5) is 14.5 Å². The Morgan fingerprint density at radius 1 is 1.20 bits per heavy atom. The first-order valence-electron chi connectivity index (χ1n) is 8.82. The van der Waals surface area contributed by atoms with E-state index in [-0.39, 0.29) is 47.7 Å². The Labute approximate surface area is 189 Å². The van der Waals surface area contributed by atoms with Crippen LogP contribution in [0.2, 0.25) is 0 Å². The molecule has 0 aliphatic heterocycles. The van der Waals surface area contributed by atoms with Crippen LogP contribution in [-0.2, 0) is 13.1 Å². The molecule has 0 spiro atoms. The van der Waals surface area contributed by atoms with Gasteiger partial charge in [0.1, 0.15) is 0 Å². The lowest BCUT2D eigenvalue weighted by atomic mass is 10.2. The third-order valence-corrected chi connectivity index (χ3v) is 3.82. The summed E-state index contributed by atoms with van der Waals surface area (Å²) in [5.74, 6) is 0.582. The van der Waals surface area contributed by atoms with Gasteiger partial charge in [-0.2, -0.15) is 8.78 Å². The highest BCUT2D eigenvalue weighted by molar-refractivity contribution is 14.0. The monoisotopic (exact) mass is 536 g/mol. The summed E-state index contributed by atoms with van der Waals surface area (Å²) in [6.07, 6.45) is 0. The average molecular weight is 536 g/mol. The first kappa shape index (κ1) is 25.3. The van der Waals surface area contributed by atoms with Gasteiger partial charge >= 0.3 is 6.61 Å². The Morgan fingerprint density at radius 2 is 1.90 bits per heavy atom. The van der Waals surface area contributed by atoms with E-state index in [1.165, 1.54) is 12.1 Å². The zero-order valence-corrected chi connectivity index (χ0v) is 18.8. The van der Waals surface area contributed by atoms with E-state index in [1.54, 1.807) is 44.3 Å². The molecule has 2 N–H and O–H groups in total. The van der Waals surface area contributed by atoms with Crippen molar-refractivity contribution in [2.24, 2.45) is 4.99 Å². The maximum absolute atomic E-state index is 12.8. The summed E-state index contributed by atoms with van der Waals surface area (Å²) in [5, 5.41) is 16.9. The number of alkyl halides is 2. The smallest absolute Gasteiger partial charge is 0.387 e. The Hall–Kier alpha value is -2.70. The second-order valence-corrected chi connectivity index (χ2v) is 5.76. The largest absolute Gasteiger partial charge is 0.490 e. The topological polar surface area (TPSA) is 98.0 Å². The SMILES string of the molecule is CCOc1cccc(CNC(=NC)NCc2cccc([N+](=O)[O-])c2)c1OC(F)F.I. The molecule has 0 aliphatic rings. The molecule has 0 aliphatic carbocycles. The molecule has 2 aromatic rings. The number of guanidine groups is 1. The standard InChI is InChI=1S/C19H22F2N4O4.HI/c1-3-28-16-9-5-7-14(17(16)29-18(20)21)12-24-19(22-2)23-11-13-6-4-8-15(10-13)25(26)27;/h4-10,18H,3,11-12H2,1-2H3,(H2,22,23,24);1H. The Bertz CT molecular complexity index is 868. The summed E-state index contributed by atoms with van der Waals surface area (Å²) in [6.45, 7) is -0.487. The van der Waals surface area contributed by atoms with E-state index in [9.17, 15) is 18.9 Å². The van der Waals surface area contributed by atoms with Crippen molar-refractivity contribution in [3.63, 3.8) is 0 Å². The number of nitrogens with zero attached hydrogens (tertiary/aromatic N) is 2. The molecule has 0 amide bonds. The van der Waals surface area contributed by atoms with Crippen molar-refractivity contribution in [3.8, 4) is 11.5 Å². The molecule has 0 heterocycles. The summed E-state index contributed by atoms with van der Waals surface area (Å²) in [6, 6.07) is 11.1. The van der Waals surface area contributed by atoms with Gasteiger partial charge < -0.3 is 20.1 Å². The normalized spacial score (nSPS) is 10.9. The molecule has 2 rings (SSSR count). The van der Waals surface area contributed by atoms with E-state index < -0.39 is 11.5 Å². The molecule has 0 saturated carbocycles. The lowest BCUT2D eigenvalue weighted by molar-refractivity contribution is -0.384. The van der Waals surface area contributed by atoms with E-state index in [0.29, 0.717) is 30.2 Å². The summed E-state index contributed by atoms with van der Waals surface area (Å²) in [5.41, 5.74) is 1.16. The molecule has 164 valence electrons. The number of para-hydroxylation sites is 1. The van der Waals surface area contributed by atoms with Crippen LogP contribution < -0.4 is 20.1 Å². The molecular weight excluding hydrogens is 513 g/mol. The minimum atomic E-state index is -2.98. The van der Waals surface area contributed by atoms with Crippen molar-refractivity contribution < 1.29 is 23.2 Å². The first-order chi connectivity index (χ1) is 13.9. The molecule has 8 nitrogen and oxygen atoms in total. The maximum atomic E-state index is 12.8. The molecule has 30 heavy (non-hydrogen) atoms. The van der Waals surface area contributed by atoms with Crippen molar-refractivity contribution in [2.75, 3.05) is 13.7 Å². The number of hydrogen-bond acceptors (Lipinski definition) is 5. The van der Waals surface area contributed by atoms with E-state index in [0.717, 1.165) is 0 Å². The molecular formula is C19H23F2IN4O4. The van der Waals surface area contributed by atoms with Crippen LogP contribution in [0.15, 0.2) is 47.5 Å². The lowest BCUT2D eigenvalue weighted by Crippen LogP contribution is -2.36. The highest BCUT2D eigenvalue weighted by Gasteiger charge is 2.16. The van der Waals surface area contributed by atoms with Crippen LogP contribution in [0.5, 0.6) is 11.5 Å². The van der Waals surface area contributed by atoms with Gasteiger partial charge in [0.15, 0.2) is 17.5 Å². The molecule has 0 unspecified atom stereocenters. The zero-order valence-electron chi connectivity index (χ0n) is 16.4. The van der Waals surface area contributed by atoms with Crippen LogP contribution in [-0.4, -0.2) is 31.1 Å². The van der Waals surface area contributed by atoms with Crippen LogP contribution in [0.25, 0.3) is 0 Å². The van der Waals surface area contributed by atoms with Gasteiger partial charge in [0.25, 0.3) is 5.69 Å². The van der Waals surface area contributed by atoms with Gasteiger partial charge in [-0.15, -0.1) is 24.0 Å². The van der Waals surface area contributed by atoms with Crippen LogP contribution >= 0.6 is 24.0 Å². The van der Waals surface area contributed by atoms with Gasteiger partial charge in [-0.25, -0.2) is 0 Å². The van der Waals surface area contributed by atoms with E-state index in [2.05, 4.69) is 20.4 Å². The predicted molar refractivity (Wildman–Crippen MR) is 120 cm³/mol. The molecule has 0 aromatic heterocycles. The molecule has 2 aromatic carbocycles. The number of nitro benzene ring substituents is 1. The number of benzene rings is 2. The second-order valence-electron chi connectivity index (χ2n) is 5.76. The molecule has 0 saturated heterocycles. The van der Waals surface area contributed by atoms with Crippen molar-refractivity contribution in [1.29, 1.82) is 0 Å². The van der Waals surface area contributed by atoms with Crippen molar-refractivity contribution in [3.05, 3.63) is 63.7 Å². The molecule has 11 heteroatoms. The van der Waals surface area contributed by atoms with E-state index >= 15 is 0 Å². The average Bonchev–Trinajstić information content (AvgIpc) is 2.70. The van der Waals surface area contributed by atoms with Gasteiger partial charge in [0, 0.05) is 37.8 Å². The van der Waals surface area contributed by atoms with Gasteiger partial charge in [0.05, 0.1) is 11.5 Å². The minimum Gasteiger partial charge on any atom is -0.490 e. The van der Waals surface area contributed by atoms with Crippen LogP contribution in [0.3, 0.4) is 0 Å². The fraction of sp³-hybridized carbons (Fsp3) is 0.316. The highest BCUT2D eigenvalue weighted by Crippen LogP contribution is 2.32. The fourth-order valence-electron chi connectivity index (χ4n) is 2.56. The summed E-state index contributed by atoms with van der Waals surface area (Å²) >= 11 is 0. The molecule has 0 radical (unpaired) electrons. The number of hydrogen-bond donors (Lipinski definition) is 2. The minimum absolute atomic E-state index is 0. The van der Waals surface area contributed by atoms with E-state index in [1.807, 2.05) is 0 Å². The first-order valence-corrected chi connectivity index (χ1v) is 8.82. The third kappa shape index (κ3) is 7.61. The molecule has 0 atom stereocenters. The van der Waals surface area contributed by atoms with Crippen LogP contribution in [0, 0.1) is 10.1 Å². The fourth-order valence-corrected chi connectivity index (χ4v) is 2.56. The number of non-ortho nitro benzene ring substituents is 1. The lowest BCUT2D eigenvalue weighted by Gasteiger charge is -2.17. The van der Waals surface area contributed by atoms with Crippen LogP contribution in [0.1, 0.15) is 18.1 Å². The van der Waals surface area contributed by atoms with Gasteiger partial charge in [-0.05, 0) is 18.6 Å². The maximum Gasteiger partial charge on any atom is 0.387 e. The van der Waals surface area contributed by atoms with Gasteiger partial charge in [0.2, 0.25) is 0 Å². The number of nitro groups is 1. The van der Waals surface area contributed by atoms with Crippen molar-refractivity contribution in [2.45, 2.75) is 26.6 Å². The summed E-state index contributed by atoms with van der Waals surface area (Å²) in [4.78, 5) is 14.5. The third-order valence-electron chi connectivity index (χ3n) is 3.82. The van der Waals surface area contributed by atoms with Crippen molar-refractivity contribution >= 4 is 35.6 Å². The van der Waals surface area contributed by atoms with Gasteiger partial charge in [-0.1, -0.05) is 24.3 Å². The summed E-state index contributed by atoms with van der Waals surface area (Å²) < 4.78 is 35.6. The molecule has 0 bridgehead atoms.